The molecule has 1 fully saturated rings. The largest absolute Gasteiger partial charge is 0.352 e. The summed E-state index contributed by atoms with van der Waals surface area (Å²) in [6.07, 6.45) is 0.704. The second kappa shape index (κ2) is 9.18. The Hall–Kier alpha value is -3.10. The first-order valence-corrected chi connectivity index (χ1v) is 11.7. The van der Waals surface area contributed by atoms with Gasteiger partial charge < -0.3 is 5.32 Å². The van der Waals surface area contributed by atoms with E-state index in [0.29, 0.717) is 17.5 Å². The van der Waals surface area contributed by atoms with Crippen LogP contribution in [0.15, 0.2) is 77.7 Å². The van der Waals surface area contributed by atoms with Crippen LogP contribution in [0.1, 0.15) is 29.0 Å². The second-order valence-electron chi connectivity index (χ2n) is 7.82. The van der Waals surface area contributed by atoms with Crippen molar-refractivity contribution in [2.45, 2.75) is 30.3 Å². The van der Waals surface area contributed by atoms with Crippen molar-refractivity contribution in [1.82, 2.24) is 10.0 Å². The first kappa shape index (κ1) is 22.1. The van der Waals surface area contributed by atoms with E-state index in [1.54, 1.807) is 30.3 Å². The maximum absolute atomic E-state index is 13.3. The van der Waals surface area contributed by atoms with Crippen molar-refractivity contribution in [3.63, 3.8) is 0 Å². The maximum Gasteiger partial charge on any atom is 0.240 e. The summed E-state index contributed by atoms with van der Waals surface area (Å²) in [6.45, 7) is 0.159. The van der Waals surface area contributed by atoms with Gasteiger partial charge in [-0.1, -0.05) is 36.4 Å². The van der Waals surface area contributed by atoms with E-state index in [-0.39, 0.29) is 41.5 Å². The second-order valence-corrected chi connectivity index (χ2v) is 9.59. The van der Waals surface area contributed by atoms with Gasteiger partial charge in [0, 0.05) is 19.0 Å². The first-order valence-electron chi connectivity index (χ1n) is 10.2. The lowest BCUT2D eigenvalue weighted by Crippen LogP contribution is -2.26. The molecule has 0 saturated heterocycles. The lowest BCUT2D eigenvalue weighted by Gasteiger charge is -2.10. The number of amides is 1. The first-order chi connectivity index (χ1) is 15.3. The summed E-state index contributed by atoms with van der Waals surface area (Å²) in [5, 5.41) is 2.84. The van der Waals surface area contributed by atoms with Crippen LogP contribution >= 0.6 is 0 Å². The Balaban J connectivity index is 1.33. The molecule has 32 heavy (non-hydrogen) atoms. The number of sulfonamides is 1. The highest BCUT2D eigenvalue weighted by Crippen LogP contribution is 2.47. The van der Waals surface area contributed by atoms with E-state index in [1.807, 2.05) is 0 Å². The average Bonchev–Trinajstić information content (AvgIpc) is 3.58. The minimum atomic E-state index is -3.80. The summed E-state index contributed by atoms with van der Waals surface area (Å²) in [4.78, 5) is 12.5. The van der Waals surface area contributed by atoms with E-state index < -0.39 is 15.8 Å². The van der Waals surface area contributed by atoms with Gasteiger partial charge in [0.25, 0.3) is 0 Å². The number of hydrogen-bond acceptors (Lipinski definition) is 3. The highest BCUT2D eigenvalue weighted by Gasteiger charge is 2.43. The minimum absolute atomic E-state index is 0.0342. The number of carbonyl (C=O) groups excluding carboxylic acids is 1. The molecule has 2 atom stereocenters. The molecule has 0 spiro atoms. The van der Waals surface area contributed by atoms with Gasteiger partial charge in [0.15, 0.2) is 0 Å². The molecule has 1 saturated carbocycles. The van der Waals surface area contributed by atoms with Gasteiger partial charge in [-0.05, 0) is 65.4 Å². The number of benzene rings is 3. The van der Waals surface area contributed by atoms with Gasteiger partial charge in [-0.3, -0.25) is 4.79 Å². The number of halogens is 2. The van der Waals surface area contributed by atoms with E-state index >= 15 is 0 Å². The third kappa shape index (κ3) is 5.38. The van der Waals surface area contributed by atoms with E-state index in [1.165, 1.54) is 42.5 Å². The minimum Gasteiger partial charge on any atom is -0.352 e. The van der Waals surface area contributed by atoms with Crippen molar-refractivity contribution >= 4 is 15.9 Å². The summed E-state index contributed by atoms with van der Waals surface area (Å²) in [5.74, 6) is -0.945. The van der Waals surface area contributed by atoms with Crippen molar-refractivity contribution in [2.24, 2.45) is 5.92 Å². The lowest BCUT2D eigenvalue weighted by molar-refractivity contribution is -0.122. The van der Waals surface area contributed by atoms with Crippen molar-refractivity contribution < 1.29 is 22.0 Å². The summed E-state index contributed by atoms with van der Waals surface area (Å²) in [7, 11) is -3.80. The summed E-state index contributed by atoms with van der Waals surface area (Å²) in [6, 6.07) is 18.2. The van der Waals surface area contributed by atoms with Crippen LogP contribution in [0.2, 0.25) is 0 Å². The van der Waals surface area contributed by atoms with Gasteiger partial charge in [0.1, 0.15) is 11.6 Å². The molecule has 2 N–H and O–H groups in total. The van der Waals surface area contributed by atoms with Gasteiger partial charge >= 0.3 is 0 Å². The monoisotopic (exact) mass is 456 g/mol. The molecule has 0 aliphatic heterocycles. The number of nitrogens with one attached hydrogen (secondary N) is 2. The molecule has 3 aromatic rings. The topological polar surface area (TPSA) is 75.3 Å². The Kier molecular flexibility index (Phi) is 6.34. The third-order valence-corrected chi connectivity index (χ3v) is 6.86. The quantitative estimate of drug-likeness (QED) is 0.541. The molecule has 5 nitrogen and oxygen atoms in total. The standard InChI is InChI=1S/C24H22F2N2O3S/c25-19-9-7-18(8-10-19)22-13-23(22)24(29)27-14-17-4-2-6-21(12-17)32(30,31)28-15-16-3-1-5-20(26)11-16/h1-12,22-23,28H,13-15H2,(H,27,29). The average molecular weight is 457 g/mol. The fourth-order valence-electron chi connectivity index (χ4n) is 3.61. The molecule has 1 aliphatic carbocycles. The Morgan fingerprint density at radius 3 is 2.28 bits per heavy atom. The van der Waals surface area contributed by atoms with Gasteiger partial charge in [0.2, 0.25) is 15.9 Å². The Morgan fingerprint density at radius 2 is 1.56 bits per heavy atom. The van der Waals surface area contributed by atoms with Crippen LogP contribution in [-0.2, 0) is 27.9 Å². The van der Waals surface area contributed by atoms with Crippen molar-refractivity contribution in [3.8, 4) is 0 Å². The highest BCUT2D eigenvalue weighted by atomic mass is 32.2. The summed E-state index contributed by atoms with van der Waals surface area (Å²) in [5.41, 5.74) is 2.09. The summed E-state index contributed by atoms with van der Waals surface area (Å²) >= 11 is 0. The van der Waals surface area contributed by atoms with Crippen LogP contribution < -0.4 is 10.0 Å². The van der Waals surface area contributed by atoms with Crippen molar-refractivity contribution in [2.75, 3.05) is 0 Å². The SMILES string of the molecule is O=C(NCc1cccc(S(=O)(=O)NCc2cccc(F)c2)c1)C1CC1c1ccc(F)cc1. The van der Waals surface area contributed by atoms with Crippen LogP contribution in [0.5, 0.6) is 0 Å². The smallest absolute Gasteiger partial charge is 0.240 e. The fourth-order valence-corrected chi connectivity index (χ4v) is 4.70. The van der Waals surface area contributed by atoms with Gasteiger partial charge in [-0.2, -0.15) is 0 Å². The molecule has 0 radical (unpaired) electrons. The zero-order valence-corrected chi connectivity index (χ0v) is 17.9. The van der Waals surface area contributed by atoms with Gasteiger partial charge in [-0.15, -0.1) is 0 Å². The van der Waals surface area contributed by atoms with Crippen LogP contribution in [0.3, 0.4) is 0 Å². The number of hydrogen-bond donors (Lipinski definition) is 2. The number of carbonyl (C=O) groups is 1. The van der Waals surface area contributed by atoms with Gasteiger partial charge in [-0.25, -0.2) is 21.9 Å². The lowest BCUT2D eigenvalue weighted by atomic mass is 10.1. The Bertz CT molecular complexity index is 1230. The van der Waals surface area contributed by atoms with Crippen molar-refractivity contribution in [3.05, 3.63) is 101 Å². The zero-order chi connectivity index (χ0) is 22.7. The normalized spacial score (nSPS) is 17.7. The zero-order valence-electron chi connectivity index (χ0n) is 17.1. The predicted octanol–water partition coefficient (Wildman–Crippen LogP) is 3.86. The maximum atomic E-state index is 13.3. The summed E-state index contributed by atoms with van der Waals surface area (Å²) < 4.78 is 54.0. The predicted molar refractivity (Wildman–Crippen MR) is 116 cm³/mol. The molecule has 0 aromatic heterocycles. The molecular weight excluding hydrogens is 434 g/mol. The van der Waals surface area contributed by atoms with E-state index in [9.17, 15) is 22.0 Å². The van der Waals surface area contributed by atoms with Crippen LogP contribution in [-0.4, -0.2) is 14.3 Å². The molecule has 4 rings (SSSR count). The molecule has 1 amide bonds. The van der Waals surface area contributed by atoms with Gasteiger partial charge in [0.05, 0.1) is 4.90 Å². The molecule has 166 valence electrons. The van der Waals surface area contributed by atoms with E-state index in [2.05, 4.69) is 10.0 Å². The van der Waals surface area contributed by atoms with E-state index in [0.717, 1.165) is 5.56 Å². The molecule has 0 bridgehead atoms. The molecule has 8 heteroatoms. The fraction of sp³-hybridized carbons (Fsp3) is 0.208. The molecule has 1 aliphatic rings. The Morgan fingerprint density at radius 1 is 0.875 bits per heavy atom. The van der Waals surface area contributed by atoms with Crippen LogP contribution in [0.4, 0.5) is 8.78 Å². The van der Waals surface area contributed by atoms with E-state index in [4.69, 9.17) is 0 Å². The third-order valence-electron chi connectivity index (χ3n) is 5.46. The molecular formula is C24H22F2N2O3S. The van der Waals surface area contributed by atoms with Crippen LogP contribution in [0, 0.1) is 17.6 Å². The molecule has 0 heterocycles. The van der Waals surface area contributed by atoms with Crippen LogP contribution in [0.25, 0.3) is 0 Å². The Labute approximate surface area is 185 Å². The molecule has 2 unspecified atom stereocenters. The molecule has 3 aromatic carbocycles. The highest BCUT2D eigenvalue weighted by molar-refractivity contribution is 7.89. The number of rotatable bonds is 8. The van der Waals surface area contributed by atoms with Crippen molar-refractivity contribution in [1.29, 1.82) is 0 Å².